The molecule has 1 aliphatic rings. The van der Waals surface area contributed by atoms with Gasteiger partial charge in [-0.3, -0.25) is 9.69 Å². The Morgan fingerprint density at radius 1 is 1.00 bits per heavy atom. The lowest BCUT2D eigenvalue weighted by molar-refractivity contribution is -0.137. The molecule has 4 heteroatoms. The summed E-state index contributed by atoms with van der Waals surface area (Å²) in [5, 5.41) is 9.10. The molecule has 0 radical (unpaired) electrons. The standard InChI is InChI=1S/C28H27NO3/c1-2-6-24(16-28(30)31)23-11-13-27(14-12-23)32-20-22-9-10-25-18-29(19-26(25)15-22)17-21-7-4-3-5-8-21/h3-5,7-15,24H,16-20H2,1H3,(H,30,31)/t24-/m0/s1. The highest BCUT2D eigenvalue weighted by atomic mass is 16.5. The van der Waals surface area contributed by atoms with Crippen molar-refractivity contribution in [1.82, 2.24) is 4.90 Å². The molecule has 1 atom stereocenters. The molecule has 0 saturated heterocycles. The SMILES string of the molecule is CC#C[C@@H](CC(=O)O)c1ccc(OCc2ccc3c(c2)CN(Cc2ccccc2)C3)cc1. The first-order valence-corrected chi connectivity index (χ1v) is 10.8. The molecule has 0 unspecified atom stereocenters. The smallest absolute Gasteiger partial charge is 0.304 e. The van der Waals surface area contributed by atoms with Gasteiger partial charge in [0.05, 0.1) is 12.3 Å². The van der Waals surface area contributed by atoms with E-state index in [9.17, 15) is 4.79 Å². The summed E-state index contributed by atoms with van der Waals surface area (Å²) in [6.45, 7) is 5.11. The van der Waals surface area contributed by atoms with E-state index in [1.807, 2.05) is 24.3 Å². The van der Waals surface area contributed by atoms with E-state index in [0.717, 1.165) is 36.5 Å². The van der Waals surface area contributed by atoms with E-state index < -0.39 is 5.97 Å². The van der Waals surface area contributed by atoms with Crippen molar-refractivity contribution in [2.75, 3.05) is 0 Å². The Morgan fingerprint density at radius 2 is 1.75 bits per heavy atom. The molecule has 1 N–H and O–H groups in total. The van der Waals surface area contributed by atoms with E-state index in [-0.39, 0.29) is 12.3 Å². The van der Waals surface area contributed by atoms with Crippen molar-refractivity contribution in [3.05, 3.63) is 101 Å². The summed E-state index contributed by atoms with van der Waals surface area (Å²) in [6.07, 6.45) is -0.00252. The minimum atomic E-state index is -0.850. The number of rotatable bonds is 8. The Labute approximate surface area is 189 Å². The summed E-state index contributed by atoms with van der Waals surface area (Å²) >= 11 is 0. The van der Waals surface area contributed by atoms with Crippen molar-refractivity contribution in [2.24, 2.45) is 0 Å². The molecular formula is C28H27NO3. The number of hydrogen-bond acceptors (Lipinski definition) is 3. The van der Waals surface area contributed by atoms with Gasteiger partial charge in [0.15, 0.2) is 0 Å². The first-order valence-electron chi connectivity index (χ1n) is 10.8. The van der Waals surface area contributed by atoms with Crippen LogP contribution in [0.4, 0.5) is 0 Å². The predicted molar refractivity (Wildman–Crippen MR) is 125 cm³/mol. The maximum Gasteiger partial charge on any atom is 0.304 e. The zero-order valence-corrected chi connectivity index (χ0v) is 18.3. The Bertz CT molecular complexity index is 1130. The number of aliphatic carboxylic acids is 1. The monoisotopic (exact) mass is 425 g/mol. The zero-order chi connectivity index (χ0) is 22.3. The predicted octanol–water partition coefficient (Wildman–Crippen LogP) is 5.36. The molecule has 0 amide bonds. The Kier molecular flexibility index (Phi) is 6.89. The van der Waals surface area contributed by atoms with Crippen LogP contribution in [-0.4, -0.2) is 16.0 Å². The summed E-state index contributed by atoms with van der Waals surface area (Å²) in [7, 11) is 0. The van der Waals surface area contributed by atoms with Gasteiger partial charge in [0.2, 0.25) is 0 Å². The number of carboxylic acids is 1. The lowest BCUT2D eigenvalue weighted by atomic mass is 9.96. The normalized spacial score (nSPS) is 13.7. The van der Waals surface area contributed by atoms with Gasteiger partial charge < -0.3 is 9.84 Å². The fourth-order valence-electron chi connectivity index (χ4n) is 4.13. The molecular weight excluding hydrogens is 398 g/mol. The summed E-state index contributed by atoms with van der Waals surface area (Å²) in [5.74, 6) is 5.41. The summed E-state index contributed by atoms with van der Waals surface area (Å²) in [5.41, 5.74) is 6.13. The van der Waals surface area contributed by atoms with Crippen LogP contribution in [0, 0.1) is 11.8 Å². The molecule has 3 aromatic rings. The molecule has 0 fully saturated rings. The second kappa shape index (κ2) is 10.2. The maximum absolute atomic E-state index is 11.1. The van der Waals surface area contributed by atoms with Crippen molar-refractivity contribution in [3.8, 4) is 17.6 Å². The van der Waals surface area contributed by atoms with Crippen LogP contribution in [-0.2, 0) is 31.0 Å². The van der Waals surface area contributed by atoms with Crippen LogP contribution < -0.4 is 4.74 Å². The molecule has 0 aliphatic carbocycles. The Morgan fingerprint density at radius 3 is 2.47 bits per heavy atom. The fourth-order valence-corrected chi connectivity index (χ4v) is 4.13. The van der Waals surface area contributed by atoms with Gasteiger partial charge in [-0.25, -0.2) is 0 Å². The molecule has 0 aromatic heterocycles. The molecule has 1 heterocycles. The van der Waals surface area contributed by atoms with Crippen LogP contribution in [0.15, 0.2) is 72.8 Å². The van der Waals surface area contributed by atoms with Crippen molar-refractivity contribution in [2.45, 2.75) is 45.5 Å². The van der Waals surface area contributed by atoms with Crippen LogP contribution in [0.1, 0.15) is 47.1 Å². The first kappa shape index (κ1) is 21.7. The number of benzene rings is 3. The minimum Gasteiger partial charge on any atom is -0.489 e. The minimum absolute atomic E-state index is 0.00252. The van der Waals surface area contributed by atoms with E-state index >= 15 is 0 Å². The average molecular weight is 426 g/mol. The fraction of sp³-hybridized carbons (Fsp3) is 0.250. The van der Waals surface area contributed by atoms with Crippen LogP contribution in [0.3, 0.4) is 0 Å². The molecule has 1 aliphatic heterocycles. The third kappa shape index (κ3) is 5.57. The zero-order valence-electron chi connectivity index (χ0n) is 18.3. The summed E-state index contributed by atoms with van der Waals surface area (Å²) in [4.78, 5) is 13.5. The summed E-state index contributed by atoms with van der Waals surface area (Å²) < 4.78 is 5.98. The molecule has 3 aromatic carbocycles. The third-order valence-electron chi connectivity index (χ3n) is 5.69. The summed E-state index contributed by atoms with van der Waals surface area (Å²) in [6, 6.07) is 24.7. The topological polar surface area (TPSA) is 49.8 Å². The van der Waals surface area contributed by atoms with Crippen molar-refractivity contribution >= 4 is 5.97 Å². The number of nitrogens with zero attached hydrogens (tertiary/aromatic N) is 1. The van der Waals surface area contributed by atoms with Gasteiger partial charge in [-0.1, -0.05) is 66.6 Å². The molecule has 0 saturated carbocycles. The van der Waals surface area contributed by atoms with Crippen molar-refractivity contribution in [1.29, 1.82) is 0 Å². The van der Waals surface area contributed by atoms with Gasteiger partial charge in [0, 0.05) is 19.6 Å². The van der Waals surface area contributed by atoms with Crippen molar-refractivity contribution < 1.29 is 14.6 Å². The van der Waals surface area contributed by atoms with Crippen LogP contribution >= 0.6 is 0 Å². The third-order valence-corrected chi connectivity index (χ3v) is 5.69. The largest absolute Gasteiger partial charge is 0.489 e. The highest BCUT2D eigenvalue weighted by Crippen LogP contribution is 2.27. The molecule has 0 spiro atoms. The van der Waals surface area contributed by atoms with Crippen LogP contribution in [0.2, 0.25) is 0 Å². The van der Waals surface area contributed by atoms with Gasteiger partial charge in [-0.05, 0) is 46.9 Å². The van der Waals surface area contributed by atoms with Gasteiger partial charge in [-0.15, -0.1) is 5.92 Å². The van der Waals surface area contributed by atoms with Gasteiger partial charge in [0.1, 0.15) is 12.4 Å². The van der Waals surface area contributed by atoms with E-state index in [0.29, 0.717) is 6.61 Å². The number of ether oxygens (including phenoxy) is 1. The highest BCUT2D eigenvalue weighted by molar-refractivity contribution is 5.69. The number of carboxylic acid groups (broad SMARTS) is 1. The van der Waals surface area contributed by atoms with Crippen LogP contribution in [0.5, 0.6) is 5.75 Å². The second-order valence-corrected chi connectivity index (χ2v) is 8.14. The maximum atomic E-state index is 11.1. The van der Waals surface area contributed by atoms with E-state index in [1.165, 1.54) is 16.7 Å². The van der Waals surface area contributed by atoms with E-state index in [2.05, 4.69) is 65.3 Å². The van der Waals surface area contributed by atoms with Crippen LogP contribution in [0.25, 0.3) is 0 Å². The van der Waals surface area contributed by atoms with Gasteiger partial charge in [0.25, 0.3) is 0 Å². The number of hydrogen-bond donors (Lipinski definition) is 1. The first-order chi connectivity index (χ1) is 15.6. The lowest BCUT2D eigenvalue weighted by Crippen LogP contribution is -2.15. The average Bonchev–Trinajstić information content (AvgIpc) is 3.19. The van der Waals surface area contributed by atoms with Gasteiger partial charge >= 0.3 is 5.97 Å². The quantitative estimate of drug-likeness (QED) is 0.494. The molecule has 4 nitrogen and oxygen atoms in total. The van der Waals surface area contributed by atoms with E-state index in [4.69, 9.17) is 9.84 Å². The second-order valence-electron chi connectivity index (χ2n) is 8.14. The van der Waals surface area contributed by atoms with Gasteiger partial charge in [-0.2, -0.15) is 0 Å². The Hall–Kier alpha value is -3.55. The molecule has 32 heavy (non-hydrogen) atoms. The van der Waals surface area contributed by atoms with Crippen molar-refractivity contribution in [3.63, 3.8) is 0 Å². The molecule has 4 rings (SSSR count). The lowest BCUT2D eigenvalue weighted by Gasteiger charge is -2.14. The number of fused-ring (bicyclic) bond motifs is 1. The molecule has 0 bridgehead atoms. The Balaban J connectivity index is 1.35. The van der Waals surface area contributed by atoms with E-state index in [1.54, 1.807) is 6.92 Å². The highest BCUT2D eigenvalue weighted by Gasteiger charge is 2.19. The molecule has 162 valence electrons. The number of carbonyl (C=O) groups is 1.